The van der Waals surface area contributed by atoms with Gasteiger partial charge in [-0.3, -0.25) is 14.5 Å². The highest BCUT2D eigenvalue weighted by Gasteiger charge is 2.41. The van der Waals surface area contributed by atoms with Gasteiger partial charge in [-0.15, -0.1) is 0 Å². The Morgan fingerprint density at radius 3 is 2.47 bits per heavy atom. The minimum absolute atomic E-state index is 0.0107. The standard InChI is InChI=1S/C21H32N4O4S/c1-3-22-20(26)16-23-11-5-12-24(15-14-23)21(27)19-6-4-13-25(19)30(28,29)18-9-7-17(2)8-10-18/h7-10,19H,3-6,11-16H2,1-2H3,(H,22,26)/t19-/m0/s1. The summed E-state index contributed by atoms with van der Waals surface area (Å²) in [5, 5.41) is 2.80. The molecule has 30 heavy (non-hydrogen) atoms. The van der Waals surface area contributed by atoms with Crippen molar-refractivity contribution in [2.24, 2.45) is 0 Å². The van der Waals surface area contributed by atoms with E-state index < -0.39 is 16.1 Å². The smallest absolute Gasteiger partial charge is 0.243 e. The molecule has 8 nitrogen and oxygen atoms in total. The van der Waals surface area contributed by atoms with Crippen molar-refractivity contribution in [2.45, 2.75) is 44.0 Å². The first kappa shape index (κ1) is 22.7. The van der Waals surface area contributed by atoms with E-state index in [9.17, 15) is 18.0 Å². The summed E-state index contributed by atoms with van der Waals surface area (Å²) in [5.74, 6) is -0.133. The summed E-state index contributed by atoms with van der Waals surface area (Å²) < 4.78 is 27.7. The molecule has 3 rings (SSSR count). The molecule has 9 heteroatoms. The molecule has 0 spiro atoms. The number of hydrogen-bond donors (Lipinski definition) is 1. The SMILES string of the molecule is CCNC(=O)CN1CCCN(C(=O)[C@@H]2CCCN2S(=O)(=O)c2ccc(C)cc2)CC1. The van der Waals surface area contributed by atoms with Crippen LogP contribution in [0.1, 0.15) is 31.7 Å². The van der Waals surface area contributed by atoms with Crippen LogP contribution in [-0.2, 0) is 19.6 Å². The second kappa shape index (κ2) is 9.89. The maximum atomic E-state index is 13.2. The largest absolute Gasteiger partial charge is 0.355 e. The highest BCUT2D eigenvalue weighted by Crippen LogP contribution is 2.27. The van der Waals surface area contributed by atoms with Crippen LogP contribution in [0.3, 0.4) is 0 Å². The maximum Gasteiger partial charge on any atom is 0.243 e. The van der Waals surface area contributed by atoms with E-state index in [4.69, 9.17) is 0 Å². The molecule has 1 N–H and O–H groups in total. The quantitative estimate of drug-likeness (QED) is 0.713. The Bertz CT molecular complexity index is 856. The third-order valence-electron chi connectivity index (χ3n) is 5.76. The molecule has 1 aromatic rings. The minimum Gasteiger partial charge on any atom is -0.355 e. The van der Waals surface area contributed by atoms with E-state index in [1.54, 1.807) is 29.2 Å². The summed E-state index contributed by atoms with van der Waals surface area (Å²) >= 11 is 0. The van der Waals surface area contributed by atoms with Crippen molar-refractivity contribution in [3.63, 3.8) is 0 Å². The van der Waals surface area contributed by atoms with Crippen LogP contribution in [0, 0.1) is 6.92 Å². The maximum absolute atomic E-state index is 13.2. The number of likely N-dealkylation sites (N-methyl/N-ethyl adjacent to an activating group) is 1. The second-order valence-corrected chi connectivity index (χ2v) is 9.89. The zero-order valence-electron chi connectivity index (χ0n) is 17.8. The van der Waals surface area contributed by atoms with Gasteiger partial charge in [-0.1, -0.05) is 17.7 Å². The van der Waals surface area contributed by atoms with E-state index in [0.29, 0.717) is 52.1 Å². The van der Waals surface area contributed by atoms with E-state index >= 15 is 0 Å². The molecule has 0 aromatic heterocycles. The van der Waals surface area contributed by atoms with E-state index in [1.807, 2.05) is 18.7 Å². The summed E-state index contributed by atoms with van der Waals surface area (Å²) in [7, 11) is -3.71. The number of benzene rings is 1. The predicted octanol–water partition coefficient (Wildman–Crippen LogP) is 0.819. The van der Waals surface area contributed by atoms with Crippen molar-refractivity contribution in [1.82, 2.24) is 19.4 Å². The average Bonchev–Trinajstić information content (AvgIpc) is 3.10. The third-order valence-corrected chi connectivity index (χ3v) is 7.68. The fourth-order valence-electron chi connectivity index (χ4n) is 4.14. The molecule has 2 amide bonds. The molecule has 0 aliphatic carbocycles. The lowest BCUT2D eigenvalue weighted by atomic mass is 10.2. The Kier molecular flexibility index (Phi) is 7.49. The zero-order chi connectivity index (χ0) is 21.7. The summed E-state index contributed by atoms with van der Waals surface area (Å²) in [5.41, 5.74) is 0.990. The van der Waals surface area contributed by atoms with E-state index in [1.165, 1.54) is 4.31 Å². The van der Waals surface area contributed by atoms with Crippen molar-refractivity contribution in [3.05, 3.63) is 29.8 Å². The van der Waals surface area contributed by atoms with Gasteiger partial charge in [-0.25, -0.2) is 8.42 Å². The average molecular weight is 437 g/mol. The van der Waals surface area contributed by atoms with Gasteiger partial charge in [-0.2, -0.15) is 4.31 Å². The van der Waals surface area contributed by atoms with Gasteiger partial charge in [0, 0.05) is 39.3 Å². The van der Waals surface area contributed by atoms with Gasteiger partial charge in [-0.05, 0) is 45.2 Å². The minimum atomic E-state index is -3.71. The van der Waals surface area contributed by atoms with Crippen molar-refractivity contribution in [2.75, 3.05) is 45.8 Å². The topological polar surface area (TPSA) is 90.0 Å². The zero-order valence-corrected chi connectivity index (χ0v) is 18.7. The molecule has 1 aromatic carbocycles. The number of hydrogen-bond acceptors (Lipinski definition) is 5. The Morgan fingerprint density at radius 1 is 1.03 bits per heavy atom. The summed E-state index contributed by atoms with van der Waals surface area (Å²) in [6, 6.07) is 6.12. The second-order valence-electron chi connectivity index (χ2n) is 8.00. The highest BCUT2D eigenvalue weighted by molar-refractivity contribution is 7.89. The van der Waals surface area contributed by atoms with E-state index in [-0.39, 0.29) is 16.7 Å². The monoisotopic (exact) mass is 436 g/mol. The van der Waals surface area contributed by atoms with E-state index in [0.717, 1.165) is 18.5 Å². The summed E-state index contributed by atoms with van der Waals surface area (Å²) in [6.45, 7) is 7.54. The molecule has 0 bridgehead atoms. The first-order valence-corrected chi connectivity index (χ1v) is 12.1. The number of amides is 2. The molecule has 2 aliphatic heterocycles. The van der Waals surface area contributed by atoms with Crippen molar-refractivity contribution >= 4 is 21.8 Å². The Balaban J connectivity index is 1.67. The van der Waals surface area contributed by atoms with Crippen LogP contribution in [0.2, 0.25) is 0 Å². The molecule has 1 atom stereocenters. The van der Waals surface area contributed by atoms with Crippen LogP contribution in [-0.4, -0.2) is 86.2 Å². The number of rotatable bonds is 6. The van der Waals surface area contributed by atoms with Crippen LogP contribution >= 0.6 is 0 Å². The molecular weight excluding hydrogens is 404 g/mol. The number of aryl methyl sites for hydroxylation is 1. The molecule has 2 fully saturated rings. The fraction of sp³-hybridized carbons (Fsp3) is 0.619. The van der Waals surface area contributed by atoms with Crippen molar-refractivity contribution in [3.8, 4) is 0 Å². The van der Waals surface area contributed by atoms with Crippen molar-refractivity contribution in [1.29, 1.82) is 0 Å². The molecule has 2 saturated heterocycles. The molecule has 0 radical (unpaired) electrons. The molecule has 0 saturated carbocycles. The van der Waals surface area contributed by atoms with Crippen LogP contribution < -0.4 is 5.32 Å². The van der Waals surface area contributed by atoms with Gasteiger partial charge < -0.3 is 10.2 Å². The lowest BCUT2D eigenvalue weighted by Gasteiger charge is -2.29. The van der Waals surface area contributed by atoms with Gasteiger partial charge in [0.2, 0.25) is 21.8 Å². The summed E-state index contributed by atoms with van der Waals surface area (Å²) in [6.07, 6.45) is 1.99. The number of nitrogens with zero attached hydrogens (tertiary/aromatic N) is 3. The van der Waals surface area contributed by atoms with Crippen LogP contribution in [0.15, 0.2) is 29.2 Å². The van der Waals surface area contributed by atoms with Gasteiger partial charge in [0.25, 0.3) is 0 Å². The van der Waals surface area contributed by atoms with Gasteiger partial charge in [0.15, 0.2) is 0 Å². The highest BCUT2D eigenvalue weighted by atomic mass is 32.2. The molecule has 2 aliphatic rings. The van der Waals surface area contributed by atoms with E-state index in [2.05, 4.69) is 5.32 Å². The molecular formula is C21H32N4O4S. The van der Waals surface area contributed by atoms with Gasteiger partial charge in [0.05, 0.1) is 11.4 Å². The number of carbonyl (C=O) groups is 2. The molecule has 2 heterocycles. The molecule has 0 unspecified atom stereocenters. The van der Waals surface area contributed by atoms with Crippen LogP contribution in [0.4, 0.5) is 0 Å². The predicted molar refractivity (Wildman–Crippen MR) is 114 cm³/mol. The first-order valence-electron chi connectivity index (χ1n) is 10.7. The Hall–Kier alpha value is -1.97. The number of nitrogens with one attached hydrogen (secondary N) is 1. The number of carbonyl (C=O) groups excluding carboxylic acids is 2. The normalized spacial score (nSPS) is 21.4. The lowest BCUT2D eigenvalue weighted by Crippen LogP contribution is -2.48. The Morgan fingerprint density at radius 2 is 1.77 bits per heavy atom. The van der Waals surface area contributed by atoms with Gasteiger partial charge >= 0.3 is 0 Å². The van der Waals surface area contributed by atoms with Crippen molar-refractivity contribution < 1.29 is 18.0 Å². The Labute approximate surface area is 179 Å². The lowest BCUT2D eigenvalue weighted by molar-refractivity contribution is -0.134. The van der Waals surface area contributed by atoms with Crippen LogP contribution in [0.5, 0.6) is 0 Å². The molecule has 166 valence electrons. The fourth-order valence-corrected chi connectivity index (χ4v) is 5.79. The number of sulfonamides is 1. The van der Waals surface area contributed by atoms with Gasteiger partial charge in [0.1, 0.15) is 6.04 Å². The third kappa shape index (κ3) is 5.19. The van der Waals surface area contributed by atoms with Crippen LogP contribution in [0.25, 0.3) is 0 Å². The first-order chi connectivity index (χ1) is 14.3. The summed E-state index contributed by atoms with van der Waals surface area (Å²) in [4.78, 5) is 29.2.